The number of carbonyl (C=O) groups excluding carboxylic acids is 1. The van der Waals surface area contributed by atoms with E-state index in [1.54, 1.807) is 0 Å². The highest BCUT2D eigenvalue weighted by Crippen LogP contribution is 2.35. The summed E-state index contributed by atoms with van der Waals surface area (Å²) in [5.41, 5.74) is 5.73. The van der Waals surface area contributed by atoms with Gasteiger partial charge in [-0.05, 0) is 45.7 Å². The first-order valence-corrected chi connectivity index (χ1v) is 10.5. The molecule has 4 unspecified atom stereocenters. The van der Waals surface area contributed by atoms with Crippen LogP contribution in [0.2, 0.25) is 0 Å². The zero-order chi connectivity index (χ0) is 19.6. The molecule has 4 nitrogen and oxygen atoms in total. The van der Waals surface area contributed by atoms with Gasteiger partial charge >= 0.3 is 0 Å². The number of rotatable bonds is 6. The maximum absolute atomic E-state index is 11.0. The third-order valence-electron chi connectivity index (χ3n) is 6.77. The first-order chi connectivity index (χ1) is 12.9. The number of aliphatic imine (C=N–C) groups is 1. The molecule has 1 saturated heterocycles. The maximum Gasteiger partial charge on any atom is 0.124 e. The minimum atomic E-state index is 0.225. The average molecular weight is 370 g/mol. The molecule has 3 rings (SSSR count). The van der Waals surface area contributed by atoms with Crippen LogP contribution in [0, 0.1) is 17.8 Å². The summed E-state index contributed by atoms with van der Waals surface area (Å²) in [5, 5.41) is 3.44. The van der Waals surface area contributed by atoms with Crippen LogP contribution in [0.5, 0.6) is 0 Å². The van der Waals surface area contributed by atoms with Gasteiger partial charge in [-0.15, -0.1) is 0 Å². The molecule has 1 aliphatic carbocycles. The Hall–Kier alpha value is -1.68. The first-order valence-electron chi connectivity index (χ1n) is 10.5. The summed E-state index contributed by atoms with van der Waals surface area (Å²) in [5.74, 6) is 2.33. The third-order valence-corrected chi connectivity index (χ3v) is 6.77. The molecule has 1 N–H and O–H groups in total. The van der Waals surface area contributed by atoms with E-state index in [2.05, 4.69) is 57.1 Å². The highest BCUT2D eigenvalue weighted by Gasteiger charge is 2.29. The molecule has 0 aromatic carbocycles. The van der Waals surface area contributed by atoms with Gasteiger partial charge in [0, 0.05) is 43.5 Å². The van der Waals surface area contributed by atoms with Gasteiger partial charge in [-0.2, -0.15) is 0 Å². The summed E-state index contributed by atoms with van der Waals surface area (Å²) in [4.78, 5) is 18.6. The lowest BCUT2D eigenvalue weighted by atomic mass is 9.91. The molecule has 148 valence electrons. The van der Waals surface area contributed by atoms with Gasteiger partial charge in [-0.3, -0.25) is 4.99 Å². The SMILES string of the molecule is CCC(N=C1CC(CN2CCC(C=O)C2)C(C)=CN1)C1=CC(C)=C(C)C1C. The van der Waals surface area contributed by atoms with Crippen molar-refractivity contribution >= 4 is 12.1 Å². The standard InChI is InChI=1S/C23H35N3O/c1-6-22(21-9-15(2)17(4)18(21)5)25-23-10-20(16(3)11-24-23)13-26-8-7-19(12-26)14-27/h9,11,14,18-20,22H,6-8,10,12-13H2,1-5H3,(H,24,25). The minimum absolute atomic E-state index is 0.225. The molecule has 1 fully saturated rings. The smallest absolute Gasteiger partial charge is 0.124 e. The molecule has 0 amide bonds. The van der Waals surface area contributed by atoms with Gasteiger partial charge in [0.25, 0.3) is 0 Å². The van der Waals surface area contributed by atoms with E-state index in [1.807, 2.05) is 0 Å². The van der Waals surface area contributed by atoms with Crippen LogP contribution in [0.4, 0.5) is 0 Å². The second-order valence-corrected chi connectivity index (χ2v) is 8.61. The second kappa shape index (κ2) is 8.55. The molecule has 27 heavy (non-hydrogen) atoms. The first kappa shape index (κ1) is 20.1. The molecule has 0 bridgehead atoms. The zero-order valence-electron chi connectivity index (χ0n) is 17.6. The molecular formula is C23H35N3O. The lowest BCUT2D eigenvalue weighted by molar-refractivity contribution is -0.110. The van der Waals surface area contributed by atoms with Gasteiger partial charge in [0.05, 0.1) is 6.04 Å². The van der Waals surface area contributed by atoms with E-state index in [-0.39, 0.29) is 12.0 Å². The normalized spacial score (nSPS) is 31.7. The number of amidine groups is 1. The predicted molar refractivity (Wildman–Crippen MR) is 113 cm³/mol. The number of likely N-dealkylation sites (tertiary alicyclic amines) is 1. The Bertz CT molecular complexity index is 700. The molecule has 0 radical (unpaired) electrons. The predicted octanol–water partition coefficient (Wildman–Crippen LogP) is 4.11. The van der Waals surface area contributed by atoms with Crippen LogP contribution in [0.3, 0.4) is 0 Å². The molecule has 2 aliphatic heterocycles. The number of hydrogen-bond donors (Lipinski definition) is 1. The lowest BCUT2D eigenvalue weighted by Gasteiger charge is -2.29. The fourth-order valence-corrected chi connectivity index (χ4v) is 4.57. The lowest BCUT2D eigenvalue weighted by Crippen LogP contribution is -2.36. The number of nitrogens with zero attached hydrogens (tertiary/aromatic N) is 2. The Morgan fingerprint density at radius 1 is 1.37 bits per heavy atom. The highest BCUT2D eigenvalue weighted by molar-refractivity contribution is 5.85. The minimum Gasteiger partial charge on any atom is -0.350 e. The van der Waals surface area contributed by atoms with Crippen molar-refractivity contribution in [2.24, 2.45) is 22.7 Å². The van der Waals surface area contributed by atoms with E-state index in [4.69, 9.17) is 4.99 Å². The van der Waals surface area contributed by atoms with E-state index in [0.29, 0.717) is 11.8 Å². The van der Waals surface area contributed by atoms with Crippen molar-refractivity contribution in [2.75, 3.05) is 19.6 Å². The average Bonchev–Trinajstić information content (AvgIpc) is 3.22. The molecule has 0 aromatic rings. The molecular weight excluding hydrogens is 334 g/mol. The van der Waals surface area contributed by atoms with Crippen molar-refractivity contribution < 1.29 is 4.79 Å². The van der Waals surface area contributed by atoms with Crippen LogP contribution in [0.1, 0.15) is 53.9 Å². The molecule has 4 heteroatoms. The van der Waals surface area contributed by atoms with Gasteiger partial charge in [-0.25, -0.2) is 0 Å². The maximum atomic E-state index is 11.0. The van der Waals surface area contributed by atoms with E-state index in [1.165, 1.54) is 22.3 Å². The largest absolute Gasteiger partial charge is 0.350 e. The van der Waals surface area contributed by atoms with Crippen molar-refractivity contribution in [1.82, 2.24) is 10.2 Å². The van der Waals surface area contributed by atoms with Crippen molar-refractivity contribution in [3.05, 3.63) is 34.6 Å². The highest BCUT2D eigenvalue weighted by atomic mass is 16.1. The fraction of sp³-hybridized carbons (Fsp3) is 0.652. The Balaban J connectivity index is 1.68. The summed E-state index contributed by atoms with van der Waals surface area (Å²) in [6, 6.07) is 0.258. The molecule has 4 atom stereocenters. The summed E-state index contributed by atoms with van der Waals surface area (Å²) >= 11 is 0. The molecule has 0 spiro atoms. The zero-order valence-corrected chi connectivity index (χ0v) is 17.6. The Labute approximate surface area is 164 Å². The van der Waals surface area contributed by atoms with Crippen LogP contribution in [-0.4, -0.2) is 42.7 Å². The Kier molecular flexibility index (Phi) is 6.36. The summed E-state index contributed by atoms with van der Waals surface area (Å²) in [6.45, 7) is 14.2. The molecule has 2 heterocycles. The summed E-state index contributed by atoms with van der Waals surface area (Å²) < 4.78 is 0. The van der Waals surface area contributed by atoms with Crippen molar-refractivity contribution in [2.45, 2.75) is 59.9 Å². The van der Waals surface area contributed by atoms with E-state index in [0.717, 1.165) is 51.0 Å². The third kappa shape index (κ3) is 4.43. The van der Waals surface area contributed by atoms with Crippen LogP contribution >= 0.6 is 0 Å². The Morgan fingerprint density at radius 2 is 2.15 bits per heavy atom. The molecule has 0 saturated carbocycles. The van der Waals surface area contributed by atoms with Gasteiger partial charge < -0.3 is 15.0 Å². The Morgan fingerprint density at radius 3 is 2.74 bits per heavy atom. The molecule has 3 aliphatic rings. The van der Waals surface area contributed by atoms with Crippen molar-refractivity contribution in [1.29, 1.82) is 0 Å². The number of nitrogens with one attached hydrogen (secondary N) is 1. The monoisotopic (exact) mass is 369 g/mol. The van der Waals surface area contributed by atoms with Crippen LogP contribution in [0.25, 0.3) is 0 Å². The second-order valence-electron chi connectivity index (χ2n) is 8.61. The number of hydrogen-bond acceptors (Lipinski definition) is 3. The van der Waals surface area contributed by atoms with E-state index >= 15 is 0 Å². The molecule has 0 aromatic heterocycles. The van der Waals surface area contributed by atoms with Gasteiger partial charge in [-0.1, -0.05) is 36.6 Å². The van der Waals surface area contributed by atoms with Crippen LogP contribution in [0.15, 0.2) is 39.6 Å². The topological polar surface area (TPSA) is 44.7 Å². The van der Waals surface area contributed by atoms with Crippen LogP contribution in [-0.2, 0) is 4.79 Å². The van der Waals surface area contributed by atoms with Crippen molar-refractivity contribution in [3.63, 3.8) is 0 Å². The van der Waals surface area contributed by atoms with Crippen LogP contribution < -0.4 is 5.32 Å². The fourth-order valence-electron chi connectivity index (χ4n) is 4.57. The van der Waals surface area contributed by atoms with E-state index in [9.17, 15) is 4.79 Å². The van der Waals surface area contributed by atoms with Gasteiger partial charge in [0.2, 0.25) is 0 Å². The van der Waals surface area contributed by atoms with E-state index < -0.39 is 0 Å². The summed E-state index contributed by atoms with van der Waals surface area (Å²) in [6.07, 6.45) is 8.61. The quantitative estimate of drug-likeness (QED) is 0.717. The number of allylic oxidation sites excluding steroid dienone is 3. The van der Waals surface area contributed by atoms with Gasteiger partial charge in [0.15, 0.2) is 0 Å². The van der Waals surface area contributed by atoms with Gasteiger partial charge in [0.1, 0.15) is 12.1 Å². The summed E-state index contributed by atoms with van der Waals surface area (Å²) in [7, 11) is 0. The number of aldehydes is 1. The number of carbonyl (C=O) groups is 1. The van der Waals surface area contributed by atoms with Crippen molar-refractivity contribution in [3.8, 4) is 0 Å².